The van der Waals surface area contributed by atoms with Crippen molar-refractivity contribution in [3.05, 3.63) is 62.5 Å². The molecule has 0 aromatic heterocycles. The molecule has 0 aliphatic heterocycles. The van der Waals surface area contributed by atoms with Gasteiger partial charge in [0.05, 0.1) is 10.8 Å². The molecule has 0 saturated carbocycles. The minimum Gasteiger partial charge on any atom is -0.293 e. The first-order chi connectivity index (χ1) is 9.08. The average Bonchev–Trinajstić information content (AvgIpc) is 2.40. The molecular formula is C14H9BrCl2OS. The summed E-state index contributed by atoms with van der Waals surface area (Å²) in [6.45, 7) is 0. The molecule has 0 atom stereocenters. The summed E-state index contributed by atoms with van der Waals surface area (Å²) < 4.78 is 0.977. The molecule has 0 saturated heterocycles. The molecule has 2 aromatic carbocycles. The SMILES string of the molecule is O=C(CSc1ccccc1Br)c1cc(Cl)ccc1Cl. The van der Waals surface area contributed by atoms with Crippen molar-refractivity contribution in [3.8, 4) is 0 Å². The van der Waals surface area contributed by atoms with Gasteiger partial charge in [0.1, 0.15) is 0 Å². The molecule has 0 aliphatic carbocycles. The van der Waals surface area contributed by atoms with Gasteiger partial charge in [-0.05, 0) is 46.3 Å². The van der Waals surface area contributed by atoms with Crippen LogP contribution in [0, 0.1) is 0 Å². The summed E-state index contributed by atoms with van der Waals surface area (Å²) in [7, 11) is 0. The van der Waals surface area contributed by atoms with Gasteiger partial charge in [0, 0.05) is 20.0 Å². The number of Topliss-reactive ketones (excluding diaryl/α,β-unsaturated/α-hetero) is 1. The molecular weight excluding hydrogens is 367 g/mol. The maximum absolute atomic E-state index is 12.1. The minimum atomic E-state index is -0.0340. The van der Waals surface area contributed by atoms with Crippen molar-refractivity contribution in [1.82, 2.24) is 0 Å². The van der Waals surface area contributed by atoms with Gasteiger partial charge in [-0.1, -0.05) is 35.3 Å². The highest BCUT2D eigenvalue weighted by atomic mass is 79.9. The minimum absolute atomic E-state index is 0.0340. The molecule has 98 valence electrons. The highest BCUT2D eigenvalue weighted by Crippen LogP contribution is 2.29. The fourth-order valence-corrected chi connectivity index (χ4v) is 3.34. The van der Waals surface area contributed by atoms with E-state index in [0.29, 0.717) is 21.4 Å². The number of rotatable bonds is 4. The first-order valence-electron chi connectivity index (χ1n) is 5.43. The monoisotopic (exact) mass is 374 g/mol. The molecule has 2 rings (SSSR count). The van der Waals surface area contributed by atoms with Crippen molar-refractivity contribution in [1.29, 1.82) is 0 Å². The van der Waals surface area contributed by atoms with Gasteiger partial charge in [-0.15, -0.1) is 11.8 Å². The first-order valence-corrected chi connectivity index (χ1v) is 7.97. The summed E-state index contributed by atoms with van der Waals surface area (Å²) in [5.41, 5.74) is 0.466. The molecule has 0 amide bonds. The van der Waals surface area contributed by atoms with Crippen LogP contribution in [0.3, 0.4) is 0 Å². The van der Waals surface area contributed by atoms with E-state index in [4.69, 9.17) is 23.2 Å². The summed E-state index contributed by atoms with van der Waals surface area (Å²) in [5, 5.41) is 0.945. The fraction of sp³-hybridized carbons (Fsp3) is 0.0714. The number of ketones is 1. The fourth-order valence-electron chi connectivity index (χ4n) is 1.49. The van der Waals surface area contributed by atoms with Crippen molar-refractivity contribution in [2.24, 2.45) is 0 Å². The van der Waals surface area contributed by atoms with Crippen LogP contribution in [-0.4, -0.2) is 11.5 Å². The van der Waals surface area contributed by atoms with Crippen LogP contribution in [0.25, 0.3) is 0 Å². The summed E-state index contributed by atoms with van der Waals surface area (Å²) in [5.74, 6) is 0.288. The largest absolute Gasteiger partial charge is 0.293 e. The van der Waals surface area contributed by atoms with Gasteiger partial charge in [-0.3, -0.25) is 4.79 Å². The smallest absolute Gasteiger partial charge is 0.174 e. The molecule has 0 aliphatic rings. The number of halogens is 3. The zero-order valence-electron chi connectivity index (χ0n) is 9.70. The maximum atomic E-state index is 12.1. The third kappa shape index (κ3) is 3.99. The van der Waals surface area contributed by atoms with Crippen LogP contribution in [0.5, 0.6) is 0 Å². The molecule has 0 fully saturated rings. The van der Waals surface area contributed by atoms with Crippen LogP contribution >= 0.6 is 50.9 Å². The highest BCUT2D eigenvalue weighted by Gasteiger charge is 2.12. The zero-order chi connectivity index (χ0) is 13.8. The van der Waals surface area contributed by atoms with Crippen LogP contribution < -0.4 is 0 Å². The number of hydrogen-bond acceptors (Lipinski definition) is 2. The number of carbonyl (C=O) groups excluding carboxylic acids is 1. The van der Waals surface area contributed by atoms with E-state index in [1.54, 1.807) is 18.2 Å². The molecule has 2 aromatic rings. The van der Waals surface area contributed by atoms with Crippen LogP contribution in [0.2, 0.25) is 10.0 Å². The number of benzene rings is 2. The Bertz CT molecular complexity index is 616. The normalized spacial score (nSPS) is 10.5. The molecule has 0 spiro atoms. The van der Waals surface area contributed by atoms with Crippen LogP contribution in [-0.2, 0) is 0 Å². The van der Waals surface area contributed by atoms with Gasteiger partial charge in [-0.25, -0.2) is 0 Å². The van der Waals surface area contributed by atoms with E-state index in [2.05, 4.69) is 15.9 Å². The Morgan fingerprint density at radius 3 is 2.63 bits per heavy atom. The van der Waals surface area contributed by atoms with Crippen molar-refractivity contribution >= 4 is 56.7 Å². The number of thioether (sulfide) groups is 1. The topological polar surface area (TPSA) is 17.1 Å². The third-order valence-electron chi connectivity index (χ3n) is 2.42. The molecule has 0 heterocycles. The lowest BCUT2D eigenvalue weighted by Gasteiger charge is -2.05. The predicted octanol–water partition coefficient (Wildman–Crippen LogP) is 5.73. The van der Waals surface area contributed by atoms with E-state index in [9.17, 15) is 4.79 Å². The van der Waals surface area contributed by atoms with Gasteiger partial charge < -0.3 is 0 Å². The molecule has 0 bridgehead atoms. The molecule has 19 heavy (non-hydrogen) atoms. The Hall–Kier alpha value is -0.480. The zero-order valence-corrected chi connectivity index (χ0v) is 13.6. The summed E-state index contributed by atoms with van der Waals surface area (Å²) in [6.07, 6.45) is 0. The van der Waals surface area contributed by atoms with E-state index in [1.165, 1.54) is 11.8 Å². The van der Waals surface area contributed by atoms with E-state index >= 15 is 0 Å². The Balaban J connectivity index is 2.10. The van der Waals surface area contributed by atoms with Crippen LogP contribution in [0.15, 0.2) is 51.8 Å². The van der Waals surface area contributed by atoms with E-state index < -0.39 is 0 Å². The van der Waals surface area contributed by atoms with E-state index in [1.807, 2.05) is 24.3 Å². The molecule has 0 radical (unpaired) electrons. The van der Waals surface area contributed by atoms with Gasteiger partial charge >= 0.3 is 0 Å². The third-order valence-corrected chi connectivity index (χ3v) is 5.02. The maximum Gasteiger partial charge on any atom is 0.174 e. The lowest BCUT2D eigenvalue weighted by molar-refractivity contribution is 0.102. The van der Waals surface area contributed by atoms with Crippen molar-refractivity contribution in [2.75, 3.05) is 5.75 Å². The van der Waals surface area contributed by atoms with Crippen LogP contribution in [0.1, 0.15) is 10.4 Å². The quantitative estimate of drug-likeness (QED) is 0.501. The van der Waals surface area contributed by atoms with Gasteiger partial charge in [0.2, 0.25) is 0 Å². The summed E-state index contributed by atoms with van der Waals surface area (Å²) in [6, 6.07) is 12.7. The molecule has 1 nitrogen and oxygen atoms in total. The molecule has 0 unspecified atom stereocenters. The van der Waals surface area contributed by atoms with Crippen molar-refractivity contribution < 1.29 is 4.79 Å². The van der Waals surface area contributed by atoms with Gasteiger partial charge in [0.15, 0.2) is 5.78 Å². The van der Waals surface area contributed by atoms with E-state index in [-0.39, 0.29) is 5.78 Å². The van der Waals surface area contributed by atoms with E-state index in [0.717, 1.165) is 9.37 Å². The van der Waals surface area contributed by atoms with Gasteiger partial charge in [-0.2, -0.15) is 0 Å². The van der Waals surface area contributed by atoms with Gasteiger partial charge in [0.25, 0.3) is 0 Å². The lowest BCUT2D eigenvalue weighted by atomic mass is 10.1. The second-order valence-electron chi connectivity index (χ2n) is 3.77. The standard InChI is InChI=1S/C14H9BrCl2OS/c15-11-3-1-2-4-14(11)19-8-13(18)10-7-9(16)5-6-12(10)17/h1-7H,8H2. The average molecular weight is 376 g/mol. The van der Waals surface area contributed by atoms with Crippen molar-refractivity contribution in [2.45, 2.75) is 4.90 Å². The Kier molecular flexibility index (Phi) is 5.34. The summed E-state index contributed by atoms with van der Waals surface area (Å²) in [4.78, 5) is 13.1. The first kappa shape index (κ1) is 14.9. The molecule has 0 N–H and O–H groups in total. The van der Waals surface area contributed by atoms with Crippen LogP contribution in [0.4, 0.5) is 0 Å². The second-order valence-corrected chi connectivity index (χ2v) is 6.48. The second kappa shape index (κ2) is 6.80. The number of hydrogen-bond donors (Lipinski definition) is 0. The Morgan fingerprint density at radius 2 is 1.89 bits per heavy atom. The predicted molar refractivity (Wildman–Crippen MR) is 85.7 cm³/mol. The lowest BCUT2D eigenvalue weighted by Crippen LogP contribution is -2.03. The highest BCUT2D eigenvalue weighted by molar-refractivity contribution is 9.10. The Labute approximate surface area is 134 Å². The summed E-state index contributed by atoms with van der Waals surface area (Å²) >= 11 is 16.8. The Morgan fingerprint density at radius 1 is 1.16 bits per heavy atom. The number of carbonyl (C=O) groups is 1. The molecule has 5 heteroatoms. The van der Waals surface area contributed by atoms with Crippen molar-refractivity contribution in [3.63, 3.8) is 0 Å².